The number of hydrogen-bond acceptors (Lipinski definition) is 8. The highest BCUT2D eigenvalue weighted by Crippen LogP contribution is 2.36. The van der Waals surface area contributed by atoms with Gasteiger partial charge < -0.3 is 26.0 Å². The number of alkyl halides is 3. The number of nitrogens with two attached hydrogens (primary N) is 1. The second kappa shape index (κ2) is 13.2. The number of carbonyl (C=O) groups excluding carboxylic acids is 2. The number of aliphatic carboxylic acids is 1. The third-order valence-corrected chi connectivity index (χ3v) is 7.81. The van der Waals surface area contributed by atoms with Crippen molar-refractivity contribution < 1.29 is 32.7 Å². The summed E-state index contributed by atoms with van der Waals surface area (Å²) in [7, 11) is 2.07. The van der Waals surface area contributed by atoms with Crippen LogP contribution in [0.25, 0.3) is 17.0 Å². The van der Waals surface area contributed by atoms with E-state index in [-0.39, 0.29) is 5.91 Å². The van der Waals surface area contributed by atoms with Crippen LogP contribution in [0.4, 0.5) is 24.5 Å². The van der Waals surface area contributed by atoms with Gasteiger partial charge in [-0.15, -0.1) is 0 Å². The molecule has 2 amide bonds. The molecule has 226 valence electrons. The zero-order valence-electron chi connectivity index (χ0n) is 22.3. The first kappa shape index (κ1) is 32.1. The Bertz CT molecular complexity index is 1640. The van der Waals surface area contributed by atoms with Gasteiger partial charge in [0.2, 0.25) is 0 Å². The maximum atomic E-state index is 12.7. The molecule has 4 N–H and O–H groups in total. The van der Waals surface area contributed by atoms with E-state index in [0.29, 0.717) is 31.4 Å². The maximum absolute atomic E-state index is 12.7. The molecule has 0 bridgehead atoms. The van der Waals surface area contributed by atoms with E-state index < -0.39 is 18.1 Å². The summed E-state index contributed by atoms with van der Waals surface area (Å²) in [6.07, 6.45) is -1.76. The topological polar surface area (TPSA) is 141 Å². The average Bonchev–Trinajstić information content (AvgIpc) is 3.28. The highest BCUT2D eigenvalue weighted by atomic mass is 35.5. The van der Waals surface area contributed by atoms with Crippen molar-refractivity contribution in [2.24, 2.45) is 10.7 Å². The Morgan fingerprint density at radius 2 is 1.77 bits per heavy atom. The number of nitrogens with one attached hydrogen (secondary N) is 1. The maximum Gasteiger partial charge on any atom is 0.490 e. The summed E-state index contributed by atoms with van der Waals surface area (Å²) in [5.74, 6) is -3.55. The molecule has 2 saturated heterocycles. The molecule has 5 rings (SSSR count). The number of aliphatic imine (C=N–C) groups is 1. The Hall–Kier alpha value is -3.85. The van der Waals surface area contributed by atoms with Crippen molar-refractivity contribution in [1.29, 1.82) is 0 Å². The molecule has 2 aromatic carbocycles. The number of fused-ring (bicyclic) bond motifs is 1. The van der Waals surface area contributed by atoms with E-state index in [9.17, 15) is 22.8 Å². The second-order valence-electron chi connectivity index (χ2n) is 9.31. The number of likely N-dealkylation sites (N-methyl/N-ethyl adjacent to an activating group) is 1. The number of benzene rings is 2. The predicted molar refractivity (Wildman–Crippen MR) is 161 cm³/mol. The lowest BCUT2D eigenvalue weighted by Crippen LogP contribution is -2.45. The number of rotatable bonds is 4. The van der Waals surface area contributed by atoms with Gasteiger partial charge in [0.25, 0.3) is 11.8 Å². The lowest BCUT2D eigenvalue weighted by molar-refractivity contribution is -0.192. The molecule has 10 nitrogen and oxygen atoms in total. The largest absolute Gasteiger partial charge is 0.490 e. The van der Waals surface area contributed by atoms with Crippen molar-refractivity contribution in [2.45, 2.75) is 6.18 Å². The van der Waals surface area contributed by atoms with Crippen molar-refractivity contribution in [2.75, 3.05) is 38.1 Å². The summed E-state index contributed by atoms with van der Waals surface area (Å²) in [5, 5.41) is 11.9. The molecule has 16 heteroatoms. The fourth-order valence-corrected chi connectivity index (χ4v) is 5.48. The molecule has 1 aromatic heterocycles. The first-order valence-electron chi connectivity index (χ1n) is 12.4. The predicted octanol–water partition coefficient (Wildman–Crippen LogP) is 4.92. The number of hydrogen-bond donors (Lipinski definition) is 3. The van der Waals surface area contributed by atoms with Gasteiger partial charge >= 0.3 is 12.1 Å². The highest BCUT2D eigenvalue weighted by molar-refractivity contribution is 8.18. The van der Waals surface area contributed by atoms with Gasteiger partial charge in [0.1, 0.15) is 5.69 Å². The summed E-state index contributed by atoms with van der Waals surface area (Å²) in [5.41, 5.74) is 8.81. The monoisotopic (exact) mass is 654 g/mol. The lowest BCUT2D eigenvalue weighted by atomic mass is 10.0. The number of primary amides is 1. The van der Waals surface area contributed by atoms with E-state index in [0.717, 1.165) is 48.3 Å². The van der Waals surface area contributed by atoms with Crippen LogP contribution in [0.1, 0.15) is 15.9 Å². The van der Waals surface area contributed by atoms with Crippen LogP contribution >= 0.6 is 35.0 Å². The average molecular weight is 655 g/mol. The summed E-state index contributed by atoms with van der Waals surface area (Å²) in [6.45, 7) is 3.29. The molecule has 0 radical (unpaired) electrons. The molecule has 2 aliphatic rings. The summed E-state index contributed by atoms with van der Waals surface area (Å²) >= 11 is 13.6. The van der Waals surface area contributed by atoms with Crippen LogP contribution in [-0.2, 0) is 9.59 Å². The standard InChI is InChI=1S/C25H22Cl2N6O2S.C2HF3O2/c1-32-7-9-33(10-8-32)22-15-11-14(5-6-19(15)29-13-16(22)23(28)34)12-20-24(35)31-25(36-20)30-21-17(26)3-2-4-18(21)27;3-2(4,5)1(6)7/h2-6,11-13H,7-10H2,1H3,(H2,28,34)(H,30,31,35);(H,6,7)/b20-12+;. The van der Waals surface area contributed by atoms with E-state index in [2.05, 4.69) is 32.1 Å². The Labute approximate surface area is 257 Å². The van der Waals surface area contributed by atoms with Crippen molar-refractivity contribution in [3.8, 4) is 0 Å². The minimum atomic E-state index is -5.08. The van der Waals surface area contributed by atoms with Crippen LogP contribution in [-0.4, -0.2) is 77.3 Å². The molecular weight excluding hydrogens is 632 g/mol. The third kappa shape index (κ3) is 7.76. The van der Waals surface area contributed by atoms with Crippen molar-refractivity contribution in [3.63, 3.8) is 0 Å². The van der Waals surface area contributed by atoms with Gasteiger partial charge in [-0.3, -0.25) is 14.6 Å². The van der Waals surface area contributed by atoms with Gasteiger partial charge in [0, 0.05) is 37.8 Å². The first-order valence-corrected chi connectivity index (χ1v) is 14.0. The van der Waals surface area contributed by atoms with Gasteiger partial charge in [-0.1, -0.05) is 35.3 Å². The number of nitrogens with zero attached hydrogens (tertiary/aromatic N) is 4. The molecule has 2 aliphatic heterocycles. The number of carboxylic acid groups (broad SMARTS) is 1. The zero-order valence-corrected chi connectivity index (χ0v) is 24.6. The summed E-state index contributed by atoms with van der Waals surface area (Å²) in [6, 6.07) is 10.8. The Morgan fingerprint density at radius 3 is 2.35 bits per heavy atom. The first-order chi connectivity index (χ1) is 20.2. The van der Waals surface area contributed by atoms with Gasteiger partial charge in [0.15, 0.2) is 5.17 Å². The SMILES string of the molecule is CN1CCN(c2c(C(N)=O)cnc3ccc(/C=C4/SC(=Nc5c(Cl)cccc5Cl)NC4=O)cc23)CC1.O=C(O)C(F)(F)F. The van der Waals surface area contributed by atoms with E-state index >= 15 is 0 Å². The fraction of sp³-hybridized carbons (Fsp3) is 0.222. The van der Waals surface area contributed by atoms with Crippen LogP contribution in [0.2, 0.25) is 10.0 Å². The van der Waals surface area contributed by atoms with Crippen LogP contribution in [0.5, 0.6) is 0 Å². The number of halogens is 5. The molecule has 0 saturated carbocycles. The van der Waals surface area contributed by atoms with Crippen LogP contribution in [0.15, 0.2) is 52.5 Å². The Morgan fingerprint density at radius 1 is 1.14 bits per heavy atom. The van der Waals surface area contributed by atoms with E-state index in [1.54, 1.807) is 30.5 Å². The van der Waals surface area contributed by atoms with Gasteiger partial charge in [-0.25, -0.2) is 9.79 Å². The molecule has 2 fully saturated rings. The minimum Gasteiger partial charge on any atom is -0.475 e. The van der Waals surface area contributed by atoms with Crippen molar-refractivity contribution >= 4 is 86.3 Å². The number of pyridine rings is 1. The number of piperazine rings is 1. The van der Waals surface area contributed by atoms with Gasteiger partial charge in [-0.2, -0.15) is 13.2 Å². The molecule has 0 atom stereocenters. The molecule has 3 heterocycles. The molecular formula is C27H23Cl2F3N6O4S. The van der Waals surface area contributed by atoms with Gasteiger partial charge in [-0.05, 0) is 54.7 Å². The number of carbonyl (C=O) groups is 3. The molecule has 0 unspecified atom stereocenters. The number of anilines is 1. The van der Waals surface area contributed by atoms with Crippen molar-refractivity contribution in [1.82, 2.24) is 15.2 Å². The van der Waals surface area contributed by atoms with Crippen LogP contribution in [0.3, 0.4) is 0 Å². The van der Waals surface area contributed by atoms with Crippen molar-refractivity contribution in [3.05, 3.63) is 68.7 Å². The second-order valence-corrected chi connectivity index (χ2v) is 11.2. The Kier molecular flexibility index (Phi) is 9.85. The number of aromatic nitrogens is 1. The zero-order chi connectivity index (χ0) is 31.5. The van der Waals surface area contributed by atoms with E-state index in [1.807, 2.05) is 18.2 Å². The molecule has 0 aliphatic carbocycles. The Balaban J connectivity index is 0.000000541. The van der Waals surface area contributed by atoms with Gasteiger partial charge in [0.05, 0.1) is 31.7 Å². The molecule has 0 spiro atoms. The molecule has 43 heavy (non-hydrogen) atoms. The number of para-hydroxylation sites is 1. The number of thioether (sulfide) groups is 1. The minimum absolute atomic E-state index is 0.273. The fourth-order valence-electron chi connectivity index (χ4n) is 4.17. The lowest BCUT2D eigenvalue weighted by Gasteiger charge is -2.35. The highest BCUT2D eigenvalue weighted by Gasteiger charge is 2.38. The summed E-state index contributed by atoms with van der Waals surface area (Å²) in [4.78, 5) is 47.6. The normalized spacial score (nSPS) is 17.6. The number of amidine groups is 1. The quantitative estimate of drug-likeness (QED) is 0.337. The number of carboxylic acids is 1. The van der Waals surface area contributed by atoms with Crippen LogP contribution in [0, 0.1) is 0 Å². The summed E-state index contributed by atoms with van der Waals surface area (Å²) < 4.78 is 31.7. The van der Waals surface area contributed by atoms with E-state index in [4.69, 9.17) is 38.8 Å². The molecule has 3 aromatic rings. The number of amides is 2. The van der Waals surface area contributed by atoms with E-state index in [1.165, 1.54) is 11.8 Å². The smallest absolute Gasteiger partial charge is 0.475 e. The third-order valence-electron chi connectivity index (χ3n) is 6.29. The van der Waals surface area contributed by atoms with Crippen LogP contribution < -0.4 is 16.0 Å².